The normalized spacial score (nSPS) is 10.7. The lowest BCUT2D eigenvalue weighted by Crippen LogP contribution is -2.02. The highest BCUT2D eigenvalue weighted by atomic mass is 127. The van der Waals surface area contributed by atoms with Gasteiger partial charge in [-0.3, -0.25) is 0 Å². The minimum Gasteiger partial charge on any atom is -0.237 e. The minimum absolute atomic E-state index is 0.475. The van der Waals surface area contributed by atoms with Crippen molar-refractivity contribution in [1.29, 1.82) is 0 Å². The van der Waals surface area contributed by atoms with Crippen LogP contribution in [0.4, 0.5) is 0 Å². The molecule has 0 radical (unpaired) electrons. The van der Waals surface area contributed by atoms with E-state index in [4.69, 9.17) is 34.8 Å². The first-order chi connectivity index (χ1) is 8.47. The van der Waals surface area contributed by atoms with Gasteiger partial charge < -0.3 is 0 Å². The molecule has 0 spiro atoms. The van der Waals surface area contributed by atoms with E-state index in [0.717, 1.165) is 14.8 Å². The van der Waals surface area contributed by atoms with Crippen molar-refractivity contribution in [3.05, 3.63) is 54.0 Å². The van der Waals surface area contributed by atoms with Gasteiger partial charge in [0.05, 0.1) is 9.26 Å². The average Bonchev–Trinajstić information content (AvgIpc) is 2.29. The Morgan fingerprint density at radius 3 is 2.50 bits per heavy atom. The summed E-state index contributed by atoms with van der Waals surface area (Å²) in [6, 6.07) is 5.37. The third kappa shape index (κ3) is 3.26. The fraction of sp³-hybridized carbons (Fsp3) is 0.167. The average molecular weight is 413 g/mol. The lowest BCUT2D eigenvalue weighted by molar-refractivity contribution is 0.934. The van der Waals surface area contributed by atoms with Crippen molar-refractivity contribution < 1.29 is 0 Å². The second kappa shape index (κ2) is 5.90. The maximum atomic E-state index is 6.12. The molecule has 2 nitrogen and oxygen atoms in total. The van der Waals surface area contributed by atoms with Gasteiger partial charge in [0.15, 0.2) is 0 Å². The number of nitrogens with zero attached hydrogens (tertiary/aromatic N) is 2. The van der Waals surface area contributed by atoms with Crippen molar-refractivity contribution in [1.82, 2.24) is 9.97 Å². The Kier molecular flexibility index (Phi) is 4.69. The standard InChI is InChI=1S/C12H8Cl3IN2/c1-6-11(16)12(15)18-10(17-6)4-7-2-3-8(13)5-9(7)14/h2-3,5H,4H2,1H3. The molecule has 0 N–H and O–H groups in total. The molecule has 0 saturated carbocycles. The van der Waals surface area contributed by atoms with E-state index >= 15 is 0 Å². The lowest BCUT2D eigenvalue weighted by atomic mass is 10.1. The third-order valence-electron chi connectivity index (χ3n) is 2.39. The van der Waals surface area contributed by atoms with Crippen molar-refractivity contribution in [2.24, 2.45) is 0 Å². The van der Waals surface area contributed by atoms with Crippen LogP contribution in [-0.4, -0.2) is 9.97 Å². The van der Waals surface area contributed by atoms with Gasteiger partial charge in [-0.15, -0.1) is 0 Å². The maximum Gasteiger partial charge on any atom is 0.146 e. The number of rotatable bonds is 2. The second-order valence-electron chi connectivity index (χ2n) is 3.74. The van der Waals surface area contributed by atoms with Crippen molar-refractivity contribution in [2.75, 3.05) is 0 Å². The van der Waals surface area contributed by atoms with Crippen LogP contribution in [0.2, 0.25) is 15.2 Å². The number of halogens is 4. The Morgan fingerprint density at radius 2 is 1.89 bits per heavy atom. The minimum atomic E-state index is 0.475. The quantitative estimate of drug-likeness (QED) is 0.515. The van der Waals surface area contributed by atoms with Gasteiger partial charge in [0.1, 0.15) is 11.0 Å². The highest BCUT2D eigenvalue weighted by Crippen LogP contribution is 2.24. The zero-order valence-corrected chi connectivity index (χ0v) is 13.8. The first-order valence-electron chi connectivity index (χ1n) is 5.10. The summed E-state index contributed by atoms with van der Waals surface area (Å²) >= 11 is 20.1. The molecule has 0 saturated heterocycles. The van der Waals surface area contributed by atoms with Gasteiger partial charge in [-0.2, -0.15) is 0 Å². The molecular weight excluding hydrogens is 405 g/mol. The highest BCUT2D eigenvalue weighted by Gasteiger charge is 2.09. The Bertz CT molecular complexity index is 579. The number of benzene rings is 1. The van der Waals surface area contributed by atoms with Crippen LogP contribution in [0.25, 0.3) is 0 Å². The predicted molar refractivity (Wildman–Crippen MR) is 83.8 cm³/mol. The Labute approximate surface area is 134 Å². The van der Waals surface area contributed by atoms with Crippen LogP contribution in [-0.2, 0) is 6.42 Å². The fourth-order valence-corrected chi connectivity index (χ4v) is 2.44. The summed E-state index contributed by atoms with van der Waals surface area (Å²) < 4.78 is 0.875. The molecule has 18 heavy (non-hydrogen) atoms. The van der Waals surface area contributed by atoms with Crippen LogP contribution in [0.5, 0.6) is 0 Å². The molecule has 0 aliphatic carbocycles. The molecular formula is C12H8Cl3IN2. The third-order valence-corrected chi connectivity index (χ3v) is 4.86. The Morgan fingerprint density at radius 1 is 1.17 bits per heavy atom. The molecule has 1 aromatic heterocycles. The smallest absolute Gasteiger partial charge is 0.146 e. The largest absolute Gasteiger partial charge is 0.237 e. The van der Waals surface area contributed by atoms with Crippen LogP contribution in [0.15, 0.2) is 18.2 Å². The number of hydrogen-bond acceptors (Lipinski definition) is 2. The molecule has 0 amide bonds. The SMILES string of the molecule is Cc1nc(Cc2ccc(Cl)cc2Cl)nc(Cl)c1I. The lowest BCUT2D eigenvalue weighted by Gasteiger charge is -2.06. The fourth-order valence-electron chi connectivity index (χ4n) is 1.49. The van der Waals surface area contributed by atoms with Crippen LogP contribution < -0.4 is 0 Å². The number of hydrogen-bond donors (Lipinski definition) is 0. The van der Waals surface area contributed by atoms with E-state index in [9.17, 15) is 0 Å². The van der Waals surface area contributed by atoms with Crippen molar-refractivity contribution in [3.63, 3.8) is 0 Å². The molecule has 2 rings (SSSR count). The molecule has 1 heterocycles. The van der Waals surface area contributed by atoms with Crippen molar-refractivity contribution in [2.45, 2.75) is 13.3 Å². The Balaban J connectivity index is 2.34. The summed E-state index contributed by atoms with van der Waals surface area (Å²) in [5.41, 5.74) is 1.80. The molecule has 1 aromatic carbocycles. The molecule has 0 atom stereocenters. The summed E-state index contributed by atoms with van der Waals surface area (Å²) in [4.78, 5) is 8.65. The highest BCUT2D eigenvalue weighted by molar-refractivity contribution is 14.1. The monoisotopic (exact) mass is 412 g/mol. The van der Waals surface area contributed by atoms with E-state index in [-0.39, 0.29) is 0 Å². The molecule has 94 valence electrons. The second-order valence-corrected chi connectivity index (χ2v) is 6.02. The summed E-state index contributed by atoms with van der Waals surface area (Å²) in [5, 5.41) is 1.70. The van der Waals surface area contributed by atoms with E-state index in [1.807, 2.05) is 13.0 Å². The topological polar surface area (TPSA) is 25.8 Å². The predicted octanol–water partition coefficient (Wildman–Crippen LogP) is 4.94. The van der Waals surface area contributed by atoms with E-state index in [1.54, 1.807) is 12.1 Å². The molecule has 6 heteroatoms. The van der Waals surface area contributed by atoms with Gasteiger partial charge in [-0.25, -0.2) is 9.97 Å². The Hall–Kier alpha value is -0.100. The molecule has 0 aliphatic rings. The number of aryl methyl sites for hydroxylation is 1. The summed E-state index contributed by atoms with van der Waals surface area (Å²) in [7, 11) is 0. The summed E-state index contributed by atoms with van der Waals surface area (Å²) in [5.74, 6) is 0.655. The van der Waals surface area contributed by atoms with E-state index in [1.165, 1.54) is 0 Å². The van der Waals surface area contributed by atoms with E-state index < -0.39 is 0 Å². The van der Waals surface area contributed by atoms with Gasteiger partial charge in [0.2, 0.25) is 0 Å². The maximum absolute atomic E-state index is 6.12. The first kappa shape index (κ1) is 14.3. The van der Waals surface area contributed by atoms with Crippen LogP contribution in [0.1, 0.15) is 17.1 Å². The molecule has 0 fully saturated rings. The zero-order chi connectivity index (χ0) is 13.3. The van der Waals surface area contributed by atoms with Crippen molar-refractivity contribution in [3.8, 4) is 0 Å². The molecule has 0 aliphatic heterocycles. The van der Waals surface area contributed by atoms with Gasteiger partial charge in [-0.1, -0.05) is 40.9 Å². The van der Waals surface area contributed by atoms with Crippen LogP contribution in [0, 0.1) is 10.5 Å². The zero-order valence-electron chi connectivity index (χ0n) is 9.35. The van der Waals surface area contributed by atoms with Crippen LogP contribution >= 0.6 is 57.4 Å². The van der Waals surface area contributed by atoms with E-state index in [2.05, 4.69) is 32.6 Å². The van der Waals surface area contributed by atoms with E-state index in [0.29, 0.717) is 27.4 Å². The van der Waals surface area contributed by atoms with Gasteiger partial charge in [0.25, 0.3) is 0 Å². The van der Waals surface area contributed by atoms with Gasteiger partial charge in [0, 0.05) is 16.5 Å². The molecule has 2 aromatic rings. The van der Waals surface area contributed by atoms with Crippen molar-refractivity contribution >= 4 is 57.4 Å². The number of aromatic nitrogens is 2. The van der Waals surface area contributed by atoms with Gasteiger partial charge in [-0.05, 0) is 47.2 Å². The first-order valence-corrected chi connectivity index (χ1v) is 7.31. The van der Waals surface area contributed by atoms with Crippen LogP contribution in [0.3, 0.4) is 0 Å². The molecule has 0 unspecified atom stereocenters. The summed E-state index contributed by atoms with van der Waals surface area (Å²) in [6.07, 6.45) is 0.535. The van der Waals surface area contributed by atoms with Gasteiger partial charge >= 0.3 is 0 Å². The summed E-state index contributed by atoms with van der Waals surface area (Å²) in [6.45, 7) is 1.91. The molecule has 0 bridgehead atoms.